The standard InChI is InChI=1S/C19H20FNO5S/c1-14(19(23)21-13-15-5-3-2-4-6-15)26-18(22)11-12-27(24,25)17-9-7-16(20)8-10-17/h2-10,14H,11-13H2,1H3,(H,21,23)/t14-/m0/s1. The molecule has 0 fully saturated rings. The summed E-state index contributed by atoms with van der Waals surface area (Å²) in [7, 11) is -3.74. The van der Waals surface area contributed by atoms with Crippen molar-refractivity contribution in [2.45, 2.75) is 30.9 Å². The molecule has 0 bridgehead atoms. The predicted octanol–water partition coefficient (Wildman–Crippen LogP) is 2.24. The largest absolute Gasteiger partial charge is 0.453 e. The number of hydrogen-bond donors (Lipinski definition) is 1. The number of carbonyl (C=O) groups excluding carboxylic acids is 2. The van der Waals surface area contributed by atoms with E-state index in [1.54, 1.807) is 0 Å². The highest BCUT2D eigenvalue weighted by molar-refractivity contribution is 7.91. The summed E-state index contributed by atoms with van der Waals surface area (Å²) in [5, 5.41) is 2.64. The molecule has 2 aromatic rings. The van der Waals surface area contributed by atoms with Gasteiger partial charge in [-0.15, -0.1) is 0 Å². The highest BCUT2D eigenvalue weighted by Crippen LogP contribution is 2.13. The first kappa shape index (κ1) is 20.6. The lowest BCUT2D eigenvalue weighted by atomic mass is 10.2. The molecule has 8 heteroatoms. The Morgan fingerprint density at radius 3 is 2.33 bits per heavy atom. The summed E-state index contributed by atoms with van der Waals surface area (Å²) in [5.74, 6) is -2.32. The molecule has 0 aliphatic carbocycles. The van der Waals surface area contributed by atoms with Gasteiger partial charge in [0.15, 0.2) is 15.9 Å². The smallest absolute Gasteiger partial charge is 0.307 e. The molecule has 0 heterocycles. The number of benzene rings is 2. The number of halogens is 1. The van der Waals surface area contributed by atoms with Gasteiger partial charge in [0.25, 0.3) is 5.91 Å². The van der Waals surface area contributed by atoms with Gasteiger partial charge in [-0.2, -0.15) is 0 Å². The number of ether oxygens (including phenoxy) is 1. The summed E-state index contributed by atoms with van der Waals surface area (Å²) in [6.45, 7) is 1.70. The van der Waals surface area contributed by atoms with Crippen LogP contribution in [0.4, 0.5) is 4.39 Å². The van der Waals surface area contributed by atoms with E-state index in [0.717, 1.165) is 29.8 Å². The normalized spacial score (nSPS) is 12.2. The van der Waals surface area contributed by atoms with Crippen molar-refractivity contribution in [1.82, 2.24) is 5.32 Å². The van der Waals surface area contributed by atoms with E-state index in [2.05, 4.69) is 5.32 Å². The molecule has 0 saturated heterocycles. The van der Waals surface area contributed by atoms with Crippen LogP contribution in [-0.4, -0.2) is 32.2 Å². The predicted molar refractivity (Wildman–Crippen MR) is 96.9 cm³/mol. The van der Waals surface area contributed by atoms with E-state index in [1.165, 1.54) is 6.92 Å². The van der Waals surface area contributed by atoms with Gasteiger partial charge in [-0.1, -0.05) is 30.3 Å². The second-order valence-corrected chi connectivity index (χ2v) is 7.97. The number of hydrogen-bond acceptors (Lipinski definition) is 5. The molecule has 2 rings (SSSR count). The fourth-order valence-corrected chi connectivity index (χ4v) is 3.44. The molecule has 0 aromatic heterocycles. The number of rotatable bonds is 8. The number of nitrogens with one attached hydrogen (secondary N) is 1. The SMILES string of the molecule is C[C@H](OC(=O)CCS(=O)(=O)c1ccc(F)cc1)C(=O)NCc1ccccc1. The fraction of sp³-hybridized carbons (Fsp3) is 0.263. The maximum atomic E-state index is 12.9. The van der Waals surface area contributed by atoms with Crippen LogP contribution in [0.3, 0.4) is 0 Å². The Kier molecular flexibility index (Phi) is 7.06. The van der Waals surface area contributed by atoms with Gasteiger partial charge in [-0.05, 0) is 36.8 Å². The Balaban J connectivity index is 1.80. The molecule has 144 valence electrons. The van der Waals surface area contributed by atoms with E-state index in [-0.39, 0.29) is 4.90 Å². The van der Waals surface area contributed by atoms with Gasteiger partial charge in [-0.3, -0.25) is 9.59 Å². The van der Waals surface area contributed by atoms with E-state index in [1.807, 2.05) is 30.3 Å². The van der Waals surface area contributed by atoms with Crippen LogP contribution in [0.15, 0.2) is 59.5 Å². The van der Waals surface area contributed by atoms with Crippen molar-refractivity contribution in [2.24, 2.45) is 0 Å². The summed E-state index contributed by atoms with van der Waals surface area (Å²) in [6, 6.07) is 13.6. The van der Waals surface area contributed by atoms with Crippen LogP contribution in [-0.2, 0) is 30.7 Å². The Morgan fingerprint density at radius 2 is 1.70 bits per heavy atom. The summed E-state index contributed by atoms with van der Waals surface area (Å²) in [4.78, 5) is 23.7. The van der Waals surface area contributed by atoms with E-state index < -0.39 is 45.8 Å². The molecule has 0 unspecified atom stereocenters. The molecule has 1 atom stereocenters. The van der Waals surface area contributed by atoms with Crippen LogP contribution in [0.1, 0.15) is 18.9 Å². The minimum absolute atomic E-state index is 0.0784. The molecule has 2 aromatic carbocycles. The first-order valence-electron chi connectivity index (χ1n) is 8.27. The Labute approximate surface area is 157 Å². The van der Waals surface area contributed by atoms with Gasteiger partial charge in [0, 0.05) is 6.54 Å². The summed E-state index contributed by atoms with van der Waals surface area (Å²) in [6.07, 6.45) is -1.45. The van der Waals surface area contributed by atoms with Crippen molar-refractivity contribution in [3.63, 3.8) is 0 Å². The topological polar surface area (TPSA) is 89.5 Å². The zero-order valence-electron chi connectivity index (χ0n) is 14.7. The zero-order valence-corrected chi connectivity index (χ0v) is 15.5. The monoisotopic (exact) mass is 393 g/mol. The van der Waals surface area contributed by atoms with Crippen LogP contribution < -0.4 is 5.32 Å². The maximum absolute atomic E-state index is 12.9. The lowest BCUT2D eigenvalue weighted by Crippen LogP contribution is -2.35. The lowest BCUT2D eigenvalue weighted by molar-refractivity contribution is -0.154. The third-order valence-corrected chi connectivity index (χ3v) is 5.47. The molecular formula is C19H20FNO5S. The number of amides is 1. The fourth-order valence-electron chi connectivity index (χ4n) is 2.22. The molecule has 1 N–H and O–H groups in total. The van der Waals surface area contributed by atoms with Gasteiger partial charge in [0.2, 0.25) is 0 Å². The maximum Gasteiger partial charge on any atom is 0.307 e. The Bertz CT molecular complexity index is 882. The zero-order chi connectivity index (χ0) is 19.9. The molecule has 0 radical (unpaired) electrons. The van der Waals surface area contributed by atoms with Crippen LogP contribution in [0, 0.1) is 5.82 Å². The van der Waals surface area contributed by atoms with Gasteiger partial charge < -0.3 is 10.1 Å². The van der Waals surface area contributed by atoms with E-state index >= 15 is 0 Å². The second kappa shape index (κ2) is 9.27. The van der Waals surface area contributed by atoms with Crippen LogP contribution in [0.2, 0.25) is 0 Å². The minimum Gasteiger partial charge on any atom is -0.453 e. The van der Waals surface area contributed by atoms with Crippen LogP contribution >= 0.6 is 0 Å². The van der Waals surface area contributed by atoms with Crippen molar-refractivity contribution in [3.05, 3.63) is 66.0 Å². The lowest BCUT2D eigenvalue weighted by Gasteiger charge is -2.13. The third kappa shape index (κ3) is 6.49. The van der Waals surface area contributed by atoms with Gasteiger partial charge >= 0.3 is 5.97 Å². The Hall–Kier alpha value is -2.74. The van der Waals surface area contributed by atoms with Crippen LogP contribution in [0.5, 0.6) is 0 Å². The van der Waals surface area contributed by atoms with E-state index in [0.29, 0.717) is 6.54 Å². The highest BCUT2D eigenvalue weighted by atomic mass is 32.2. The summed E-state index contributed by atoms with van der Waals surface area (Å²) in [5.41, 5.74) is 0.898. The number of carbonyl (C=O) groups is 2. The highest BCUT2D eigenvalue weighted by Gasteiger charge is 2.21. The molecule has 1 amide bonds. The van der Waals surface area contributed by atoms with Crippen LogP contribution in [0.25, 0.3) is 0 Å². The van der Waals surface area contributed by atoms with E-state index in [4.69, 9.17) is 4.74 Å². The van der Waals surface area contributed by atoms with Gasteiger partial charge in [0.1, 0.15) is 5.82 Å². The molecule has 0 aliphatic heterocycles. The molecule has 0 aliphatic rings. The first-order valence-corrected chi connectivity index (χ1v) is 9.92. The van der Waals surface area contributed by atoms with Gasteiger partial charge in [-0.25, -0.2) is 12.8 Å². The van der Waals surface area contributed by atoms with Crippen molar-refractivity contribution < 1.29 is 27.1 Å². The van der Waals surface area contributed by atoms with Gasteiger partial charge in [0.05, 0.1) is 17.1 Å². The third-order valence-electron chi connectivity index (χ3n) is 3.73. The average Bonchev–Trinajstić information content (AvgIpc) is 2.65. The van der Waals surface area contributed by atoms with Crippen molar-refractivity contribution >= 4 is 21.7 Å². The Morgan fingerprint density at radius 1 is 1.07 bits per heavy atom. The first-order chi connectivity index (χ1) is 12.8. The molecule has 0 saturated carbocycles. The summed E-state index contributed by atoms with van der Waals surface area (Å²) < 4.78 is 42.1. The number of sulfone groups is 1. The van der Waals surface area contributed by atoms with Crippen molar-refractivity contribution in [1.29, 1.82) is 0 Å². The van der Waals surface area contributed by atoms with Crippen molar-refractivity contribution in [2.75, 3.05) is 5.75 Å². The molecule has 27 heavy (non-hydrogen) atoms. The van der Waals surface area contributed by atoms with Crippen molar-refractivity contribution in [3.8, 4) is 0 Å². The quantitative estimate of drug-likeness (QED) is 0.549. The average molecular weight is 393 g/mol. The minimum atomic E-state index is -3.74. The second-order valence-electron chi connectivity index (χ2n) is 5.86. The number of esters is 1. The van der Waals surface area contributed by atoms with E-state index in [9.17, 15) is 22.4 Å². The molecule has 6 nitrogen and oxygen atoms in total. The summed E-state index contributed by atoms with van der Waals surface area (Å²) >= 11 is 0. The molecule has 0 spiro atoms. The molecular weight excluding hydrogens is 373 g/mol.